The van der Waals surface area contributed by atoms with Crippen LogP contribution in [0, 0.1) is 17.8 Å². The first-order chi connectivity index (χ1) is 7.25. The first-order valence-corrected chi connectivity index (χ1v) is 4.94. The summed E-state index contributed by atoms with van der Waals surface area (Å²) in [4.78, 5) is 32.1. The summed E-state index contributed by atoms with van der Waals surface area (Å²) in [5.41, 5.74) is 0. The van der Waals surface area contributed by atoms with Gasteiger partial charge >= 0.3 is 17.9 Å². The van der Waals surface area contributed by atoms with E-state index in [9.17, 15) is 14.4 Å². The Labute approximate surface area is 92.9 Å². The summed E-state index contributed by atoms with van der Waals surface area (Å²) in [7, 11) is 0. The fraction of sp³-hybridized carbons (Fsp3) is 0.700. The largest absolute Gasteiger partial charge is 0.481 e. The third-order valence-corrected chi connectivity index (χ3v) is 2.22. The predicted octanol–water partition coefficient (Wildman–Crippen LogP) is 0.909. The van der Waals surface area contributed by atoms with E-state index in [1.807, 2.05) is 0 Å². The van der Waals surface area contributed by atoms with Crippen LogP contribution in [0.5, 0.6) is 0 Å². The number of carboxylic acids is 3. The van der Waals surface area contributed by atoms with Crippen LogP contribution in [-0.4, -0.2) is 33.2 Å². The quantitative estimate of drug-likeness (QED) is 0.562. The summed E-state index contributed by atoms with van der Waals surface area (Å²) in [6, 6.07) is 0. The molecule has 0 fully saturated rings. The van der Waals surface area contributed by atoms with Crippen LogP contribution in [-0.2, 0) is 14.4 Å². The lowest BCUT2D eigenvalue weighted by Crippen LogP contribution is -2.29. The molecule has 0 bridgehead atoms. The second-order valence-corrected chi connectivity index (χ2v) is 4.13. The standard InChI is InChI=1S/C10H16O6/c1-5(2)3-6(8(11)12)4-7(9(13)14)10(15)16/h5-7H,3-4H2,1-2H3,(H,11,12)(H,13,14)(H,15,16). The Morgan fingerprint density at radius 2 is 1.31 bits per heavy atom. The van der Waals surface area contributed by atoms with Crippen molar-refractivity contribution in [3.63, 3.8) is 0 Å². The molecule has 0 aromatic heterocycles. The van der Waals surface area contributed by atoms with Crippen molar-refractivity contribution in [2.24, 2.45) is 17.8 Å². The second kappa shape index (κ2) is 6.09. The average molecular weight is 232 g/mol. The van der Waals surface area contributed by atoms with Gasteiger partial charge in [-0.25, -0.2) is 0 Å². The third-order valence-electron chi connectivity index (χ3n) is 2.22. The highest BCUT2D eigenvalue weighted by Gasteiger charge is 2.32. The molecule has 0 heterocycles. The van der Waals surface area contributed by atoms with Crippen molar-refractivity contribution in [3.05, 3.63) is 0 Å². The van der Waals surface area contributed by atoms with Gasteiger partial charge in [0.2, 0.25) is 0 Å². The topological polar surface area (TPSA) is 112 Å². The average Bonchev–Trinajstić information content (AvgIpc) is 2.09. The molecular weight excluding hydrogens is 216 g/mol. The van der Waals surface area contributed by atoms with Crippen molar-refractivity contribution in [1.29, 1.82) is 0 Å². The van der Waals surface area contributed by atoms with Gasteiger partial charge in [-0.3, -0.25) is 14.4 Å². The highest BCUT2D eigenvalue weighted by molar-refractivity contribution is 5.93. The Bertz CT molecular complexity index is 269. The lowest BCUT2D eigenvalue weighted by Gasteiger charge is -2.16. The summed E-state index contributed by atoms with van der Waals surface area (Å²) in [6.45, 7) is 3.60. The minimum absolute atomic E-state index is 0.0735. The molecule has 92 valence electrons. The van der Waals surface area contributed by atoms with Gasteiger partial charge in [0.25, 0.3) is 0 Å². The molecule has 0 aliphatic heterocycles. The van der Waals surface area contributed by atoms with E-state index in [1.54, 1.807) is 13.8 Å². The third kappa shape index (κ3) is 4.77. The maximum Gasteiger partial charge on any atom is 0.317 e. The van der Waals surface area contributed by atoms with Crippen LogP contribution in [0.3, 0.4) is 0 Å². The van der Waals surface area contributed by atoms with Crippen molar-refractivity contribution < 1.29 is 29.7 Å². The molecule has 1 atom stereocenters. The maximum absolute atomic E-state index is 10.8. The van der Waals surface area contributed by atoms with Gasteiger partial charge in [0.05, 0.1) is 5.92 Å². The lowest BCUT2D eigenvalue weighted by atomic mass is 9.88. The molecule has 0 aromatic rings. The summed E-state index contributed by atoms with van der Waals surface area (Å²) in [5, 5.41) is 26.1. The molecule has 0 radical (unpaired) electrons. The van der Waals surface area contributed by atoms with Gasteiger partial charge in [-0.2, -0.15) is 0 Å². The van der Waals surface area contributed by atoms with Gasteiger partial charge in [-0.05, 0) is 18.8 Å². The fourth-order valence-corrected chi connectivity index (χ4v) is 1.46. The Morgan fingerprint density at radius 3 is 1.56 bits per heavy atom. The number of aliphatic carboxylic acids is 3. The zero-order chi connectivity index (χ0) is 12.9. The SMILES string of the molecule is CC(C)CC(CC(C(=O)O)C(=O)O)C(=O)O. The fourth-order valence-electron chi connectivity index (χ4n) is 1.46. The molecule has 6 heteroatoms. The molecule has 0 rings (SSSR count). The second-order valence-electron chi connectivity index (χ2n) is 4.13. The summed E-state index contributed by atoms with van der Waals surface area (Å²) < 4.78 is 0. The maximum atomic E-state index is 10.8. The van der Waals surface area contributed by atoms with Gasteiger partial charge in [-0.15, -0.1) is 0 Å². The molecule has 0 saturated carbocycles. The Kier molecular flexibility index (Phi) is 5.49. The number of carbonyl (C=O) groups is 3. The number of carboxylic acid groups (broad SMARTS) is 3. The Hall–Kier alpha value is -1.59. The zero-order valence-corrected chi connectivity index (χ0v) is 9.21. The van der Waals surface area contributed by atoms with Crippen LogP contribution in [0.2, 0.25) is 0 Å². The monoisotopic (exact) mass is 232 g/mol. The molecule has 0 aromatic carbocycles. The van der Waals surface area contributed by atoms with Gasteiger partial charge in [-0.1, -0.05) is 13.8 Å². The smallest absolute Gasteiger partial charge is 0.317 e. The van der Waals surface area contributed by atoms with Crippen LogP contribution in [0.15, 0.2) is 0 Å². The van der Waals surface area contributed by atoms with Crippen LogP contribution >= 0.6 is 0 Å². The first kappa shape index (κ1) is 14.4. The normalized spacial score (nSPS) is 12.8. The van der Waals surface area contributed by atoms with E-state index in [0.29, 0.717) is 0 Å². The minimum Gasteiger partial charge on any atom is -0.481 e. The number of hydrogen-bond acceptors (Lipinski definition) is 3. The summed E-state index contributed by atoms with van der Waals surface area (Å²) >= 11 is 0. The van der Waals surface area contributed by atoms with Crippen LogP contribution < -0.4 is 0 Å². The molecule has 0 saturated heterocycles. The van der Waals surface area contributed by atoms with E-state index in [4.69, 9.17) is 15.3 Å². The van der Waals surface area contributed by atoms with E-state index >= 15 is 0 Å². The van der Waals surface area contributed by atoms with Crippen LogP contribution in [0.4, 0.5) is 0 Å². The number of hydrogen-bond donors (Lipinski definition) is 3. The molecule has 16 heavy (non-hydrogen) atoms. The van der Waals surface area contributed by atoms with Crippen molar-refractivity contribution in [2.75, 3.05) is 0 Å². The summed E-state index contributed by atoms with van der Waals surface area (Å²) in [5.74, 6) is -6.66. The molecule has 1 unspecified atom stereocenters. The minimum atomic E-state index is -1.65. The molecule has 6 nitrogen and oxygen atoms in total. The van der Waals surface area contributed by atoms with Crippen molar-refractivity contribution >= 4 is 17.9 Å². The van der Waals surface area contributed by atoms with Gasteiger partial charge < -0.3 is 15.3 Å². The highest BCUT2D eigenvalue weighted by atomic mass is 16.4. The van der Waals surface area contributed by atoms with Crippen molar-refractivity contribution in [3.8, 4) is 0 Å². The van der Waals surface area contributed by atoms with E-state index in [2.05, 4.69) is 0 Å². The predicted molar refractivity (Wildman–Crippen MR) is 54.0 cm³/mol. The molecule has 0 amide bonds. The first-order valence-electron chi connectivity index (χ1n) is 4.94. The van der Waals surface area contributed by atoms with Gasteiger partial charge in [0, 0.05) is 0 Å². The van der Waals surface area contributed by atoms with Crippen molar-refractivity contribution in [1.82, 2.24) is 0 Å². The molecule has 3 N–H and O–H groups in total. The highest BCUT2D eigenvalue weighted by Crippen LogP contribution is 2.21. The van der Waals surface area contributed by atoms with Gasteiger partial charge in [0.15, 0.2) is 5.92 Å². The zero-order valence-electron chi connectivity index (χ0n) is 9.21. The van der Waals surface area contributed by atoms with Gasteiger partial charge in [0.1, 0.15) is 0 Å². The Balaban J connectivity index is 4.64. The molecule has 0 aliphatic carbocycles. The molecule has 0 aliphatic rings. The number of rotatable bonds is 7. The van der Waals surface area contributed by atoms with E-state index in [1.165, 1.54) is 0 Å². The molecule has 0 spiro atoms. The molecular formula is C10H16O6. The van der Waals surface area contributed by atoms with E-state index < -0.39 is 29.7 Å². The van der Waals surface area contributed by atoms with Crippen LogP contribution in [0.25, 0.3) is 0 Å². The summed E-state index contributed by atoms with van der Waals surface area (Å²) in [6.07, 6.45) is -0.107. The lowest BCUT2D eigenvalue weighted by molar-refractivity contribution is -0.156. The van der Waals surface area contributed by atoms with E-state index in [-0.39, 0.29) is 18.8 Å². The Morgan fingerprint density at radius 1 is 0.875 bits per heavy atom. The van der Waals surface area contributed by atoms with Crippen molar-refractivity contribution in [2.45, 2.75) is 26.7 Å². The van der Waals surface area contributed by atoms with Crippen LogP contribution in [0.1, 0.15) is 26.7 Å². The van der Waals surface area contributed by atoms with E-state index in [0.717, 1.165) is 0 Å².